The van der Waals surface area contributed by atoms with Crippen LogP contribution < -0.4 is 14.2 Å². The molecule has 1 N–H and O–H groups in total. The lowest BCUT2D eigenvalue weighted by Gasteiger charge is -2.18. The molecular weight excluding hydrogens is 513 g/mol. The van der Waals surface area contributed by atoms with Gasteiger partial charge in [-0.2, -0.15) is 13.2 Å². The summed E-state index contributed by atoms with van der Waals surface area (Å²) in [6.45, 7) is -0.540. The number of aromatic nitrogens is 3. The fourth-order valence-electron chi connectivity index (χ4n) is 3.18. The molecule has 0 bridgehead atoms. The maximum Gasteiger partial charge on any atom is 0.397 e. The van der Waals surface area contributed by atoms with Crippen LogP contribution in [-0.4, -0.2) is 49.0 Å². The van der Waals surface area contributed by atoms with Gasteiger partial charge in [0.2, 0.25) is 5.88 Å². The van der Waals surface area contributed by atoms with E-state index >= 15 is 0 Å². The van der Waals surface area contributed by atoms with Crippen LogP contribution in [0.4, 0.5) is 13.2 Å². The lowest BCUT2D eigenvalue weighted by atomic mass is 10.1. The minimum atomic E-state index is -4.35. The van der Waals surface area contributed by atoms with Crippen molar-refractivity contribution < 1.29 is 35.9 Å². The normalized spacial score (nSPS) is 14.9. The van der Waals surface area contributed by atoms with Crippen LogP contribution in [0.15, 0.2) is 53.6 Å². The monoisotopic (exact) mass is 530 g/mol. The summed E-state index contributed by atoms with van der Waals surface area (Å²) in [6.07, 6.45) is -2.94. The Morgan fingerprint density at radius 1 is 1.20 bits per heavy atom. The first-order valence-electron chi connectivity index (χ1n) is 10.1. The highest BCUT2D eigenvalue weighted by Gasteiger charge is 2.64. The number of hydrogen-bond acceptors (Lipinski definition) is 7. The molecule has 1 fully saturated rings. The number of nitrogens with zero attached hydrogens (tertiary/aromatic N) is 3. The number of carbonyl (C=O) groups is 1. The van der Waals surface area contributed by atoms with Crippen LogP contribution in [-0.2, 0) is 10.0 Å². The van der Waals surface area contributed by atoms with Crippen LogP contribution in [0.25, 0.3) is 5.82 Å². The van der Waals surface area contributed by atoms with E-state index in [2.05, 4.69) is 10.1 Å². The van der Waals surface area contributed by atoms with Gasteiger partial charge in [0.1, 0.15) is 27.8 Å². The van der Waals surface area contributed by atoms with Crippen LogP contribution in [0.3, 0.4) is 0 Å². The predicted octanol–water partition coefficient (Wildman–Crippen LogP) is 3.77. The standard InChI is InChI=1S/C21H18ClF3N4O5S/c1-33-14-4-2-3-5-15(14)35(31,32)28-19(30)13-6-7-16(26-18(13)22)29-11-8-17(27-29)34-12-20(9-10-20)21(23,24)25/h2-8,11H,9-10,12H2,1H3,(H,28,30). The third kappa shape index (κ3) is 5.05. The molecule has 0 aliphatic heterocycles. The van der Waals surface area contributed by atoms with Crippen LogP contribution in [0.5, 0.6) is 11.6 Å². The Balaban J connectivity index is 1.47. The molecule has 186 valence electrons. The Bertz CT molecular complexity index is 1370. The number of amides is 1. The summed E-state index contributed by atoms with van der Waals surface area (Å²) in [6, 6.07) is 9.69. The molecule has 1 amide bonds. The first-order chi connectivity index (χ1) is 16.5. The summed E-state index contributed by atoms with van der Waals surface area (Å²) in [4.78, 5) is 16.4. The van der Waals surface area contributed by atoms with E-state index in [1.165, 1.54) is 54.4 Å². The lowest BCUT2D eigenvalue weighted by molar-refractivity contribution is -0.194. The molecule has 3 aromatic rings. The van der Waals surface area contributed by atoms with Crippen molar-refractivity contribution in [1.82, 2.24) is 19.5 Å². The van der Waals surface area contributed by atoms with E-state index in [1.807, 2.05) is 4.72 Å². The van der Waals surface area contributed by atoms with Gasteiger partial charge in [0.25, 0.3) is 15.9 Å². The summed E-state index contributed by atoms with van der Waals surface area (Å²) >= 11 is 6.11. The second-order valence-corrected chi connectivity index (χ2v) is 9.77. The molecule has 1 aliphatic carbocycles. The van der Waals surface area contributed by atoms with Gasteiger partial charge in [-0.1, -0.05) is 23.7 Å². The zero-order chi connectivity index (χ0) is 25.4. The first-order valence-corrected chi connectivity index (χ1v) is 11.9. The van der Waals surface area contributed by atoms with E-state index in [-0.39, 0.29) is 45.9 Å². The van der Waals surface area contributed by atoms with Gasteiger partial charge in [-0.05, 0) is 37.1 Å². The molecule has 1 aromatic carbocycles. The fraction of sp³-hybridized carbons (Fsp3) is 0.286. The molecule has 4 rings (SSSR count). The Morgan fingerprint density at radius 2 is 1.91 bits per heavy atom. The second-order valence-electron chi connectivity index (χ2n) is 7.76. The summed E-state index contributed by atoms with van der Waals surface area (Å²) < 4.78 is 77.7. The number of sulfonamides is 1. The number of halogens is 4. The van der Waals surface area contributed by atoms with Gasteiger partial charge in [-0.3, -0.25) is 4.79 Å². The maximum atomic E-state index is 13.0. The Labute approximate surface area is 202 Å². The van der Waals surface area contributed by atoms with E-state index < -0.39 is 34.1 Å². The zero-order valence-electron chi connectivity index (χ0n) is 18.0. The number of pyridine rings is 1. The summed E-state index contributed by atoms with van der Waals surface area (Å²) in [5.74, 6) is -0.882. The van der Waals surface area contributed by atoms with Crippen molar-refractivity contribution in [3.05, 3.63) is 59.4 Å². The first kappa shape index (κ1) is 24.8. The SMILES string of the molecule is COc1ccccc1S(=O)(=O)NC(=O)c1ccc(-n2ccc(OCC3(C(F)(F)F)CC3)n2)nc1Cl. The predicted molar refractivity (Wildman–Crippen MR) is 117 cm³/mol. The third-order valence-corrected chi connectivity index (χ3v) is 7.07. The van der Waals surface area contributed by atoms with Gasteiger partial charge in [0.15, 0.2) is 5.82 Å². The Kier molecular flexibility index (Phi) is 6.40. The summed E-state index contributed by atoms with van der Waals surface area (Å²) in [5.41, 5.74) is -2.06. The largest absolute Gasteiger partial charge is 0.495 e. The summed E-state index contributed by atoms with van der Waals surface area (Å²) in [5, 5.41) is 3.71. The number of alkyl halides is 3. The van der Waals surface area contributed by atoms with Crippen LogP contribution in [0, 0.1) is 5.41 Å². The summed E-state index contributed by atoms with van der Waals surface area (Å²) in [7, 11) is -2.98. The second kappa shape index (κ2) is 9.04. The molecule has 0 atom stereocenters. The van der Waals surface area contributed by atoms with Gasteiger partial charge in [0, 0.05) is 12.3 Å². The Hall–Kier alpha value is -3.32. The van der Waals surface area contributed by atoms with E-state index in [9.17, 15) is 26.4 Å². The molecule has 1 aliphatic rings. The van der Waals surface area contributed by atoms with Crippen molar-refractivity contribution in [3.63, 3.8) is 0 Å². The molecule has 0 spiro atoms. The van der Waals surface area contributed by atoms with Gasteiger partial charge >= 0.3 is 6.18 Å². The Morgan fingerprint density at radius 3 is 2.54 bits per heavy atom. The van der Waals surface area contributed by atoms with Crippen molar-refractivity contribution in [1.29, 1.82) is 0 Å². The highest BCUT2D eigenvalue weighted by molar-refractivity contribution is 7.90. The molecule has 2 aromatic heterocycles. The molecule has 0 saturated heterocycles. The molecular formula is C21H18ClF3N4O5S. The minimum Gasteiger partial charge on any atom is -0.495 e. The molecule has 14 heteroatoms. The van der Waals surface area contributed by atoms with Gasteiger partial charge in [0.05, 0.1) is 12.7 Å². The van der Waals surface area contributed by atoms with Crippen LogP contribution >= 0.6 is 11.6 Å². The van der Waals surface area contributed by atoms with Gasteiger partial charge in [-0.25, -0.2) is 22.8 Å². The molecule has 1 saturated carbocycles. The quantitative estimate of drug-likeness (QED) is 0.441. The smallest absolute Gasteiger partial charge is 0.397 e. The van der Waals surface area contributed by atoms with Crippen molar-refractivity contribution in [2.75, 3.05) is 13.7 Å². The van der Waals surface area contributed by atoms with Crippen LogP contribution in [0.1, 0.15) is 23.2 Å². The molecule has 35 heavy (non-hydrogen) atoms. The number of nitrogens with one attached hydrogen (secondary N) is 1. The van der Waals surface area contributed by atoms with Crippen LogP contribution in [0.2, 0.25) is 5.15 Å². The average molecular weight is 531 g/mol. The average Bonchev–Trinajstić information content (AvgIpc) is 3.47. The number of rotatable bonds is 8. The van der Waals surface area contributed by atoms with E-state index in [0.29, 0.717) is 0 Å². The fourth-order valence-corrected chi connectivity index (χ4v) is 4.55. The van der Waals surface area contributed by atoms with E-state index in [0.717, 1.165) is 0 Å². The third-order valence-electron chi connectivity index (χ3n) is 5.41. The van der Waals surface area contributed by atoms with E-state index in [1.54, 1.807) is 6.07 Å². The minimum absolute atomic E-state index is 0.00463. The van der Waals surface area contributed by atoms with E-state index in [4.69, 9.17) is 21.1 Å². The molecule has 2 heterocycles. The van der Waals surface area contributed by atoms with Gasteiger partial charge < -0.3 is 9.47 Å². The van der Waals surface area contributed by atoms with Crippen molar-refractivity contribution in [2.24, 2.45) is 5.41 Å². The molecule has 9 nitrogen and oxygen atoms in total. The number of para-hydroxylation sites is 1. The lowest BCUT2D eigenvalue weighted by Crippen LogP contribution is -2.31. The number of hydrogen-bond donors (Lipinski definition) is 1. The number of benzene rings is 1. The number of carbonyl (C=O) groups excluding carboxylic acids is 1. The number of ether oxygens (including phenoxy) is 2. The van der Waals surface area contributed by atoms with Gasteiger partial charge in [-0.15, -0.1) is 5.10 Å². The topological polar surface area (TPSA) is 112 Å². The van der Waals surface area contributed by atoms with Crippen molar-refractivity contribution in [2.45, 2.75) is 23.9 Å². The van der Waals surface area contributed by atoms with Crippen molar-refractivity contribution >= 4 is 27.5 Å². The zero-order valence-corrected chi connectivity index (χ0v) is 19.6. The molecule has 0 radical (unpaired) electrons. The highest BCUT2D eigenvalue weighted by Crippen LogP contribution is 2.57. The maximum absolute atomic E-state index is 13.0. The number of methoxy groups -OCH3 is 1. The van der Waals surface area contributed by atoms with Crippen molar-refractivity contribution in [3.8, 4) is 17.4 Å². The highest BCUT2D eigenvalue weighted by atomic mass is 35.5. The molecule has 0 unspecified atom stereocenters.